The van der Waals surface area contributed by atoms with E-state index in [9.17, 15) is 9.90 Å². The van der Waals surface area contributed by atoms with Gasteiger partial charge in [0.1, 0.15) is 24.1 Å². The lowest BCUT2D eigenvalue weighted by Gasteiger charge is -2.30. The second-order valence-electron chi connectivity index (χ2n) is 7.01. The Morgan fingerprint density at radius 1 is 1.32 bits per heavy atom. The van der Waals surface area contributed by atoms with Gasteiger partial charge in [-0.2, -0.15) is 0 Å². The molecule has 1 unspecified atom stereocenters. The number of carbonyl (C=O) groups excluding carboxylic acids is 1. The van der Waals surface area contributed by atoms with E-state index < -0.39 is 24.0 Å². The number of ether oxygens (including phenoxy) is 2. The quantitative estimate of drug-likeness (QED) is 0.705. The van der Waals surface area contributed by atoms with Crippen LogP contribution in [0.4, 0.5) is 5.82 Å². The van der Waals surface area contributed by atoms with Gasteiger partial charge in [0.2, 0.25) is 0 Å². The summed E-state index contributed by atoms with van der Waals surface area (Å²) in [7, 11) is 0. The Hall–Kier alpha value is -2.88. The van der Waals surface area contributed by atoms with Crippen LogP contribution in [0.15, 0.2) is 43.0 Å². The van der Waals surface area contributed by atoms with Crippen LogP contribution in [0.3, 0.4) is 0 Å². The first-order valence-electron chi connectivity index (χ1n) is 9.14. The van der Waals surface area contributed by atoms with Crippen LogP contribution in [0.2, 0.25) is 0 Å². The third-order valence-corrected chi connectivity index (χ3v) is 5.51. The molecular weight excluding hydrogens is 362 g/mol. The molecule has 3 aromatic rings. The average Bonchev–Trinajstić information content (AvgIpc) is 3.39. The zero-order valence-electron chi connectivity index (χ0n) is 15.1. The van der Waals surface area contributed by atoms with Gasteiger partial charge < -0.3 is 19.9 Å². The van der Waals surface area contributed by atoms with Gasteiger partial charge in [-0.1, -0.05) is 25.1 Å². The van der Waals surface area contributed by atoms with Gasteiger partial charge >= 0.3 is 0 Å². The van der Waals surface area contributed by atoms with Gasteiger partial charge in [0.15, 0.2) is 23.2 Å². The van der Waals surface area contributed by atoms with E-state index in [0.29, 0.717) is 35.6 Å². The van der Waals surface area contributed by atoms with Crippen molar-refractivity contribution in [2.75, 3.05) is 11.9 Å². The highest BCUT2D eigenvalue weighted by atomic mass is 16.6. The van der Waals surface area contributed by atoms with Crippen LogP contribution in [0.5, 0.6) is 0 Å². The summed E-state index contributed by atoms with van der Waals surface area (Å²) in [5.41, 5.74) is 0.756. The van der Waals surface area contributed by atoms with Crippen molar-refractivity contribution in [1.82, 2.24) is 19.5 Å². The molecule has 2 fully saturated rings. The SMILES string of the molecule is CC[C@]12CO[C@@H](C1O)[C@H](n1cnc3c(NC(=O)c4ccccc4)ncnc31)O2. The van der Waals surface area contributed by atoms with Crippen molar-refractivity contribution in [3.8, 4) is 0 Å². The molecule has 2 N–H and O–H groups in total. The molecule has 2 aliphatic rings. The van der Waals surface area contributed by atoms with Gasteiger partial charge in [0.05, 0.1) is 12.9 Å². The third kappa shape index (κ3) is 2.44. The molecule has 0 saturated carbocycles. The minimum Gasteiger partial charge on any atom is -0.387 e. The minimum absolute atomic E-state index is 0.282. The minimum atomic E-state index is -0.709. The summed E-state index contributed by atoms with van der Waals surface area (Å²) >= 11 is 0. The number of imidazole rings is 1. The number of nitrogens with zero attached hydrogens (tertiary/aromatic N) is 4. The Balaban J connectivity index is 1.48. The van der Waals surface area contributed by atoms with Crippen LogP contribution in [0, 0.1) is 0 Å². The maximum absolute atomic E-state index is 12.5. The number of aliphatic hydroxyl groups excluding tert-OH is 1. The molecule has 5 rings (SSSR count). The van der Waals surface area contributed by atoms with Crippen molar-refractivity contribution in [2.45, 2.75) is 37.4 Å². The van der Waals surface area contributed by atoms with Gasteiger partial charge in [-0.3, -0.25) is 9.36 Å². The second-order valence-corrected chi connectivity index (χ2v) is 7.01. The van der Waals surface area contributed by atoms with Crippen molar-refractivity contribution >= 4 is 22.9 Å². The molecule has 144 valence electrons. The standard InChI is InChI=1S/C19H19N5O4/c1-2-19-8-27-13(14(19)25)18(28-19)24-10-22-12-15(20-9-21-16(12)24)23-17(26)11-6-4-3-5-7-11/h3-7,9-10,13-14,18,25H,2,8H2,1H3,(H,20,21,23,26)/t13-,14?,18+,19-/m0/s1. The number of aliphatic hydroxyl groups is 1. The van der Waals surface area contributed by atoms with E-state index in [-0.39, 0.29) is 5.91 Å². The molecule has 4 atom stereocenters. The molecule has 1 aromatic carbocycles. The van der Waals surface area contributed by atoms with E-state index >= 15 is 0 Å². The fourth-order valence-electron chi connectivity index (χ4n) is 3.87. The molecule has 2 aliphatic heterocycles. The molecule has 28 heavy (non-hydrogen) atoms. The summed E-state index contributed by atoms with van der Waals surface area (Å²) in [5, 5.41) is 13.3. The summed E-state index contributed by atoms with van der Waals surface area (Å²) in [4.78, 5) is 25.3. The fourth-order valence-corrected chi connectivity index (χ4v) is 3.87. The third-order valence-electron chi connectivity index (χ3n) is 5.51. The van der Waals surface area contributed by atoms with E-state index in [1.165, 1.54) is 6.33 Å². The van der Waals surface area contributed by atoms with E-state index in [1.54, 1.807) is 35.2 Å². The Bertz CT molecular complexity index is 1040. The molecule has 2 bridgehead atoms. The van der Waals surface area contributed by atoms with E-state index in [1.807, 2.05) is 13.0 Å². The number of rotatable bonds is 4. The van der Waals surface area contributed by atoms with Crippen LogP contribution >= 0.6 is 0 Å². The van der Waals surface area contributed by atoms with Gasteiger partial charge in [-0.15, -0.1) is 0 Å². The second kappa shape index (κ2) is 6.33. The highest BCUT2D eigenvalue weighted by Gasteiger charge is 2.60. The first-order valence-corrected chi connectivity index (χ1v) is 9.14. The fraction of sp³-hybridized carbons (Fsp3) is 0.368. The molecular formula is C19H19N5O4. The molecule has 2 aromatic heterocycles. The number of benzene rings is 1. The number of aromatic nitrogens is 4. The maximum atomic E-state index is 12.5. The number of carbonyl (C=O) groups is 1. The first-order chi connectivity index (χ1) is 13.6. The highest BCUT2D eigenvalue weighted by molar-refractivity contribution is 6.06. The molecule has 4 heterocycles. The van der Waals surface area contributed by atoms with Crippen molar-refractivity contribution in [3.63, 3.8) is 0 Å². The smallest absolute Gasteiger partial charge is 0.256 e. The van der Waals surface area contributed by atoms with E-state index in [2.05, 4.69) is 20.3 Å². The monoisotopic (exact) mass is 381 g/mol. The van der Waals surface area contributed by atoms with Gasteiger partial charge in [-0.25, -0.2) is 15.0 Å². The van der Waals surface area contributed by atoms with Crippen molar-refractivity contribution in [1.29, 1.82) is 0 Å². The molecule has 9 nitrogen and oxygen atoms in total. The summed E-state index contributed by atoms with van der Waals surface area (Å²) < 4.78 is 13.6. The Kier molecular flexibility index (Phi) is 3.90. The van der Waals surface area contributed by atoms with Crippen LogP contribution in [-0.4, -0.2) is 54.9 Å². The van der Waals surface area contributed by atoms with Crippen molar-refractivity contribution in [3.05, 3.63) is 48.5 Å². The number of anilines is 1. The Labute approximate surface area is 160 Å². The van der Waals surface area contributed by atoms with Gasteiger partial charge in [-0.05, 0) is 18.6 Å². The average molecular weight is 381 g/mol. The predicted molar refractivity (Wildman–Crippen MR) is 98.6 cm³/mol. The highest BCUT2D eigenvalue weighted by Crippen LogP contribution is 2.47. The van der Waals surface area contributed by atoms with Crippen LogP contribution in [-0.2, 0) is 9.47 Å². The molecule has 0 aliphatic carbocycles. The zero-order chi connectivity index (χ0) is 19.3. The van der Waals surface area contributed by atoms with Gasteiger partial charge in [0, 0.05) is 5.56 Å². The number of amides is 1. The normalized spacial score (nSPS) is 28.7. The number of hydrogen-bond donors (Lipinski definition) is 2. The van der Waals surface area contributed by atoms with Gasteiger partial charge in [0.25, 0.3) is 5.91 Å². The largest absolute Gasteiger partial charge is 0.387 e. The van der Waals surface area contributed by atoms with E-state index in [0.717, 1.165) is 0 Å². The molecule has 2 saturated heterocycles. The topological polar surface area (TPSA) is 111 Å². The Morgan fingerprint density at radius 3 is 2.89 bits per heavy atom. The summed E-state index contributed by atoms with van der Waals surface area (Å²) in [6, 6.07) is 8.87. The Morgan fingerprint density at radius 2 is 2.14 bits per heavy atom. The molecule has 0 radical (unpaired) electrons. The lowest BCUT2D eigenvalue weighted by molar-refractivity contribution is -0.173. The summed E-state index contributed by atoms with van der Waals surface area (Å²) in [6.45, 7) is 2.33. The molecule has 9 heteroatoms. The summed E-state index contributed by atoms with van der Waals surface area (Å²) in [6.07, 6.45) is 1.83. The van der Waals surface area contributed by atoms with Crippen molar-refractivity contribution < 1.29 is 19.4 Å². The first kappa shape index (κ1) is 17.2. The molecule has 1 amide bonds. The lowest BCUT2D eigenvalue weighted by Crippen LogP contribution is -2.39. The summed E-state index contributed by atoms with van der Waals surface area (Å²) in [5.74, 6) is 0.0300. The van der Waals surface area contributed by atoms with Crippen molar-refractivity contribution in [2.24, 2.45) is 0 Å². The van der Waals surface area contributed by atoms with E-state index in [4.69, 9.17) is 9.47 Å². The number of nitrogens with one attached hydrogen (secondary N) is 1. The van der Waals surface area contributed by atoms with Crippen LogP contribution in [0.1, 0.15) is 29.9 Å². The predicted octanol–water partition coefficient (Wildman–Crippen LogP) is 1.52. The van der Waals surface area contributed by atoms with Crippen LogP contribution in [0.25, 0.3) is 11.2 Å². The zero-order valence-corrected chi connectivity index (χ0v) is 15.1. The molecule has 0 spiro atoms. The van der Waals surface area contributed by atoms with Crippen LogP contribution < -0.4 is 5.32 Å². The lowest BCUT2D eigenvalue weighted by atomic mass is 9.96. The number of fused-ring (bicyclic) bond motifs is 3. The maximum Gasteiger partial charge on any atom is 0.256 e. The number of hydrogen-bond acceptors (Lipinski definition) is 7.